The molecule has 0 spiro atoms. The maximum absolute atomic E-state index is 5.24. The third-order valence-corrected chi connectivity index (χ3v) is 2.87. The average molecular weight is 233 g/mol. The number of nitrogens with zero attached hydrogens (tertiary/aromatic N) is 2. The molecule has 1 heterocycles. The van der Waals surface area contributed by atoms with Gasteiger partial charge in [0.05, 0.1) is 5.69 Å². The van der Waals surface area contributed by atoms with Crippen molar-refractivity contribution in [2.75, 3.05) is 0 Å². The molecule has 4 heteroatoms. The van der Waals surface area contributed by atoms with E-state index in [1.54, 1.807) is 0 Å². The molecule has 84 valence electrons. The summed E-state index contributed by atoms with van der Waals surface area (Å²) in [7, 11) is 0. The second kappa shape index (κ2) is 4.61. The Labute approximate surface area is 100 Å². The fraction of sp³-hybridized carbons (Fsp3) is 0.333. The summed E-state index contributed by atoms with van der Waals surface area (Å²) in [4.78, 5) is 0. The zero-order chi connectivity index (χ0) is 11.5. The van der Waals surface area contributed by atoms with Gasteiger partial charge in [0, 0.05) is 0 Å². The van der Waals surface area contributed by atoms with Crippen LogP contribution in [0, 0.1) is 11.7 Å². The number of aromatic nitrogens is 3. The van der Waals surface area contributed by atoms with Crippen molar-refractivity contribution in [1.29, 1.82) is 0 Å². The lowest BCUT2D eigenvalue weighted by atomic mass is 10.1. The predicted molar refractivity (Wildman–Crippen MR) is 67.5 cm³/mol. The van der Waals surface area contributed by atoms with Gasteiger partial charge < -0.3 is 0 Å². The van der Waals surface area contributed by atoms with Gasteiger partial charge in [0.25, 0.3) is 0 Å². The Hall–Kier alpha value is -1.42. The fourth-order valence-corrected chi connectivity index (χ4v) is 2.15. The van der Waals surface area contributed by atoms with Crippen LogP contribution in [0.4, 0.5) is 0 Å². The van der Waals surface area contributed by atoms with Gasteiger partial charge in [-0.3, -0.25) is 9.67 Å². The minimum atomic E-state index is 0.654. The van der Waals surface area contributed by atoms with E-state index in [1.165, 1.54) is 5.56 Å². The van der Waals surface area contributed by atoms with Crippen molar-refractivity contribution in [2.45, 2.75) is 26.7 Å². The van der Waals surface area contributed by atoms with Crippen LogP contribution in [0.25, 0.3) is 5.69 Å². The van der Waals surface area contributed by atoms with Gasteiger partial charge in [-0.2, -0.15) is 5.10 Å². The highest BCUT2D eigenvalue weighted by Crippen LogP contribution is 2.17. The van der Waals surface area contributed by atoms with Crippen LogP contribution in [-0.2, 0) is 6.42 Å². The Morgan fingerprint density at radius 3 is 2.75 bits per heavy atom. The average Bonchev–Trinajstić information content (AvgIpc) is 2.60. The topological polar surface area (TPSA) is 33.6 Å². The Morgan fingerprint density at radius 1 is 1.38 bits per heavy atom. The monoisotopic (exact) mass is 233 g/mol. The summed E-state index contributed by atoms with van der Waals surface area (Å²) in [6.45, 7) is 4.13. The zero-order valence-electron chi connectivity index (χ0n) is 9.53. The molecule has 0 atom stereocenters. The number of H-pyrrole nitrogens is 1. The van der Waals surface area contributed by atoms with Crippen LogP contribution >= 0.6 is 12.2 Å². The molecule has 0 aliphatic rings. The molecular formula is C12H15N3S. The van der Waals surface area contributed by atoms with Gasteiger partial charge in [-0.25, -0.2) is 0 Å². The van der Waals surface area contributed by atoms with E-state index in [1.807, 2.05) is 17.6 Å². The van der Waals surface area contributed by atoms with E-state index in [0.717, 1.165) is 24.4 Å². The lowest BCUT2D eigenvalue weighted by Gasteiger charge is -2.10. The van der Waals surface area contributed by atoms with E-state index >= 15 is 0 Å². The van der Waals surface area contributed by atoms with Gasteiger partial charge >= 0.3 is 0 Å². The van der Waals surface area contributed by atoms with Crippen molar-refractivity contribution in [3.8, 4) is 5.69 Å². The molecule has 0 aliphatic carbocycles. The summed E-state index contributed by atoms with van der Waals surface area (Å²) in [5, 5.41) is 6.96. The van der Waals surface area contributed by atoms with Gasteiger partial charge in [-0.05, 0) is 37.2 Å². The Balaban J connectivity index is 2.60. The Kier molecular flexibility index (Phi) is 3.19. The quantitative estimate of drug-likeness (QED) is 0.826. The highest BCUT2D eigenvalue weighted by molar-refractivity contribution is 7.71. The van der Waals surface area contributed by atoms with Crippen LogP contribution in [0.2, 0.25) is 0 Å². The summed E-state index contributed by atoms with van der Waals surface area (Å²) in [5.41, 5.74) is 2.45. The molecule has 1 aromatic carbocycles. The van der Waals surface area contributed by atoms with E-state index in [9.17, 15) is 0 Å². The molecule has 1 N–H and O–H groups in total. The van der Waals surface area contributed by atoms with E-state index < -0.39 is 0 Å². The Morgan fingerprint density at radius 2 is 2.12 bits per heavy atom. The number of benzene rings is 1. The summed E-state index contributed by atoms with van der Waals surface area (Å²) in [6, 6.07) is 8.33. The second-order valence-electron chi connectivity index (χ2n) is 3.79. The minimum absolute atomic E-state index is 0.654. The summed E-state index contributed by atoms with van der Waals surface area (Å²) < 4.78 is 2.64. The maximum Gasteiger partial charge on any atom is 0.199 e. The molecule has 0 bridgehead atoms. The van der Waals surface area contributed by atoms with Gasteiger partial charge in [0.1, 0.15) is 5.82 Å². The van der Waals surface area contributed by atoms with Crippen LogP contribution in [0.15, 0.2) is 24.3 Å². The first kappa shape index (κ1) is 11.1. The van der Waals surface area contributed by atoms with Crippen molar-refractivity contribution >= 4 is 12.2 Å². The number of para-hydroxylation sites is 1. The molecule has 0 saturated heterocycles. The van der Waals surface area contributed by atoms with Crippen molar-refractivity contribution in [3.05, 3.63) is 40.4 Å². The highest BCUT2D eigenvalue weighted by atomic mass is 32.1. The highest BCUT2D eigenvalue weighted by Gasteiger charge is 2.07. The van der Waals surface area contributed by atoms with Gasteiger partial charge in [-0.15, -0.1) is 0 Å². The number of aryl methyl sites for hydroxylation is 2. The van der Waals surface area contributed by atoms with Crippen LogP contribution in [0.5, 0.6) is 0 Å². The van der Waals surface area contributed by atoms with Crippen molar-refractivity contribution in [2.24, 2.45) is 0 Å². The number of hydrogen-bond donors (Lipinski definition) is 1. The Bertz CT molecular complexity index is 539. The normalized spacial score (nSPS) is 10.6. The molecule has 0 fully saturated rings. The molecule has 3 nitrogen and oxygen atoms in total. The second-order valence-corrected chi connectivity index (χ2v) is 4.18. The van der Waals surface area contributed by atoms with E-state index in [2.05, 4.69) is 35.3 Å². The SMILES string of the molecule is CCCc1ccccc1-n1c(C)n[nH]c1=S. The third kappa shape index (κ3) is 1.93. The molecule has 0 aliphatic heterocycles. The molecule has 1 aromatic heterocycles. The first-order valence-corrected chi connectivity index (χ1v) is 5.87. The number of rotatable bonds is 3. The first-order valence-electron chi connectivity index (χ1n) is 5.46. The molecule has 0 amide bonds. The smallest absolute Gasteiger partial charge is 0.199 e. The lowest BCUT2D eigenvalue weighted by Crippen LogP contribution is -2.01. The molecule has 0 radical (unpaired) electrons. The van der Waals surface area contributed by atoms with Gasteiger partial charge in [0.15, 0.2) is 4.77 Å². The lowest BCUT2D eigenvalue weighted by molar-refractivity contribution is 0.881. The molecule has 16 heavy (non-hydrogen) atoms. The van der Waals surface area contributed by atoms with Crippen molar-refractivity contribution in [3.63, 3.8) is 0 Å². The van der Waals surface area contributed by atoms with Gasteiger partial charge in [-0.1, -0.05) is 31.5 Å². The molecule has 0 unspecified atom stereocenters. The zero-order valence-corrected chi connectivity index (χ0v) is 10.3. The van der Waals surface area contributed by atoms with Crippen LogP contribution < -0.4 is 0 Å². The largest absolute Gasteiger partial charge is 0.272 e. The van der Waals surface area contributed by atoms with Crippen LogP contribution in [0.3, 0.4) is 0 Å². The molecule has 2 aromatic rings. The van der Waals surface area contributed by atoms with Crippen molar-refractivity contribution < 1.29 is 0 Å². The number of aromatic amines is 1. The van der Waals surface area contributed by atoms with Crippen LogP contribution in [-0.4, -0.2) is 14.8 Å². The van der Waals surface area contributed by atoms with Crippen LogP contribution in [0.1, 0.15) is 24.7 Å². The number of hydrogen-bond acceptors (Lipinski definition) is 2. The molecule has 0 saturated carbocycles. The first-order chi connectivity index (χ1) is 7.74. The fourth-order valence-electron chi connectivity index (χ4n) is 1.87. The third-order valence-electron chi connectivity index (χ3n) is 2.59. The summed E-state index contributed by atoms with van der Waals surface area (Å²) in [6.07, 6.45) is 2.18. The van der Waals surface area contributed by atoms with E-state index in [-0.39, 0.29) is 0 Å². The minimum Gasteiger partial charge on any atom is -0.272 e. The standard InChI is InChI=1S/C12H15N3S/c1-3-6-10-7-4-5-8-11(10)15-9(2)13-14-12(15)16/h4-5,7-8H,3,6H2,1-2H3,(H,14,16). The number of nitrogens with one attached hydrogen (secondary N) is 1. The van der Waals surface area contributed by atoms with Crippen molar-refractivity contribution in [1.82, 2.24) is 14.8 Å². The molecule has 2 rings (SSSR count). The van der Waals surface area contributed by atoms with Gasteiger partial charge in [0.2, 0.25) is 0 Å². The molecular weight excluding hydrogens is 218 g/mol. The van der Waals surface area contributed by atoms with E-state index in [4.69, 9.17) is 12.2 Å². The predicted octanol–water partition coefficient (Wildman–Crippen LogP) is 3.19. The summed E-state index contributed by atoms with van der Waals surface area (Å²) in [5.74, 6) is 0.897. The van der Waals surface area contributed by atoms with E-state index in [0.29, 0.717) is 4.77 Å². The summed E-state index contributed by atoms with van der Waals surface area (Å²) >= 11 is 5.24. The maximum atomic E-state index is 5.24.